The Morgan fingerprint density at radius 1 is 1.41 bits per heavy atom. The number of likely N-dealkylation sites (N-methyl/N-ethyl adjacent to an activating group) is 1. The van der Waals surface area contributed by atoms with Crippen LogP contribution in [-0.4, -0.2) is 31.2 Å². The van der Waals surface area contributed by atoms with Crippen molar-refractivity contribution in [3.8, 4) is 0 Å². The van der Waals surface area contributed by atoms with Crippen molar-refractivity contribution in [2.24, 2.45) is 0 Å². The summed E-state index contributed by atoms with van der Waals surface area (Å²) < 4.78 is 1.30. The van der Waals surface area contributed by atoms with Gasteiger partial charge in [-0.05, 0) is 17.5 Å². The van der Waals surface area contributed by atoms with Crippen molar-refractivity contribution in [2.45, 2.75) is 19.9 Å². The minimum Gasteiger partial charge on any atom is -0.358 e. The van der Waals surface area contributed by atoms with E-state index >= 15 is 0 Å². The van der Waals surface area contributed by atoms with Gasteiger partial charge >= 0.3 is 0 Å². The quantitative estimate of drug-likeness (QED) is 0.883. The van der Waals surface area contributed by atoms with Crippen molar-refractivity contribution >= 4 is 27.2 Å². The SMILES string of the molecule is CC(C)NCCN(C)c1nccc2sccc12. The first-order chi connectivity index (χ1) is 8.18. The molecule has 3 nitrogen and oxygen atoms in total. The monoisotopic (exact) mass is 249 g/mol. The van der Waals surface area contributed by atoms with E-state index in [1.807, 2.05) is 6.20 Å². The third-order valence-corrected chi connectivity index (χ3v) is 3.60. The molecule has 0 amide bonds. The number of nitrogens with one attached hydrogen (secondary N) is 1. The maximum absolute atomic E-state index is 4.48. The second-order valence-corrected chi connectivity index (χ2v) is 5.45. The van der Waals surface area contributed by atoms with Crippen molar-refractivity contribution in [3.63, 3.8) is 0 Å². The Labute approximate surface area is 106 Å². The molecule has 2 aromatic heterocycles. The lowest BCUT2D eigenvalue weighted by atomic mass is 10.3. The number of nitrogens with zero attached hydrogens (tertiary/aromatic N) is 2. The van der Waals surface area contributed by atoms with Crippen LogP contribution in [0.1, 0.15) is 13.8 Å². The average Bonchev–Trinajstić information content (AvgIpc) is 2.75. The highest BCUT2D eigenvalue weighted by molar-refractivity contribution is 7.17. The van der Waals surface area contributed by atoms with E-state index in [1.54, 1.807) is 11.3 Å². The Kier molecular flexibility index (Phi) is 3.97. The molecule has 0 unspecified atom stereocenters. The molecule has 0 aliphatic heterocycles. The molecule has 92 valence electrons. The highest BCUT2D eigenvalue weighted by atomic mass is 32.1. The summed E-state index contributed by atoms with van der Waals surface area (Å²) in [5, 5.41) is 6.80. The fourth-order valence-electron chi connectivity index (χ4n) is 1.81. The van der Waals surface area contributed by atoms with Crippen molar-refractivity contribution in [2.75, 3.05) is 25.0 Å². The van der Waals surface area contributed by atoms with Crippen LogP contribution in [0.5, 0.6) is 0 Å². The number of hydrogen-bond acceptors (Lipinski definition) is 4. The first-order valence-electron chi connectivity index (χ1n) is 5.95. The third-order valence-electron chi connectivity index (χ3n) is 2.72. The second-order valence-electron chi connectivity index (χ2n) is 4.50. The van der Waals surface area contributed by atoms with Gasteiger partial charge in [0.05, 0.1) is 0 Å². The van der Waals surface area contributed by atoms with E-state index in [4.69, 9.17) is 0 Å². The lowest BCUT2D eigenvalue weighted by molar-refractivity contribution is 0.588. The van der Waals surface area contributed by atoms with Gasteiger partial charge in [0.2, 0.25) is 0 Å². The van der Waals surface area contributed by atoms with Crippen LogP contribution in [0.4, 0.5) is 5.82 Å². The summed E-state index contributed by atoms with van der Waals surface area (Å²) in [6.07, 6.45) is 1.89. The van der Waals surface area contributed by atoms with E-state index in [1.165, 1.54) is 10.1 Å². The molecular weight excluding hydrogens is 230 g/mol. The Hall–Kier alpha value is -1.13. The summed E-state index contributed by atoms with van der Waals surface area (Å²) >= 11 is 1.77. The largest absolute Gasteiger partial charge is 0.358 e. The minimum atomic E-state index is 0.535. The van der Waals surface area contributed by atoms with Crippen LogP contribution in [0.25, 0.3) is 10.1 Å². The van der Waals surface area contributed by atoms with Crippen LogP contribution in [0, 0.1) is 0 Å². The number of anilines is 1. The highest BCUT2D eigenvalue weighted by Crippen LogP contribution is 2.27. The molecular formula is C13H19N3S. The molecule has 0 aliphatic rings. The zero-order valence-corrected chi connectivity index (χ0v) is 11.4. The Bertz CT molecular complexity index is 478. The summed E-state index contributed by atoms with van der Waals surface area (Å²) in [7, 11) is 2.10. The molecule has 2 heterocycles. The van der Waals surface area contributed by atoms with Crippen LogP contribution < -0.4 is 10.2 Å². The lowest BCUT2D eigenvalue weighted by Crippen LogP contribution is -2.33. The molecule has 0 atom stereocenters. The highest BCUT2D eigenvalue weighted by Gasteiger charge is 2.07. The lowest BCUT2D eigenvalue weighted by Gasteiger charge is -2.20. The van der Waals surface area contributed by atoms with Crippen molar-refractivity contribution < 1.29 is 0 Å². The van der Waals surface area contributed by atoms with Crippen LogP contribution in [0.3, 0.4) is 0 Å². The molecule has 2 aromatic rings. The molecule has 2 rings (SSSR count). The molecule has 17 heavy (non-hydrogen) atoms. The van der Waals surface area contributed by atoms with Gasteiger partial charge in [0.25, 0.3) is 0 Å². The van der Waals surface area contributed by atoms with E-state index in [0.29, 0.717) is 6.04 Å². The molecule has 0 aromatic carbocycles. The smallest absolute Gasteiger partial charge is 0.137 e. The van der Waals surface area contributed by atoms with Gasteiger partial charge in [-0.1, -0.05) is 13.8 Å². The summed E-state index contributed by atoms with van der Waals surface area (Å²) in [6, 6.07) is 4.76. The zero-order valence-electron chi connectivity index (χ0n) is 10.6. The topological polar surface area (TPSA) is 28.2 Å². The van der Waals surface area contributed by atoms with Gasteiger partial charge < -0.3 is 10.2 Å². The van der Waals surface area contributed by atoms with E-state index in [0.717, 1.165) is 18.9 Å². The molecule has 0 saturated carbocycles. The minimum absolute atomic E-state index is 0.535. The van der Waals surface area contributed by atoms with Crippen molar-refractivity contribution in [3.05, 3.63) is 23.7 Å². The first-order valence-corrected chi connectivity index (χ1v) is 6.83. The van der Waals surface area contributed by atoms with E-state index in [9.17, 15) is 0 Å². The third kappa shape index (κ3) is 2.96. The van der Waals surface area contributed by atoms with Gasteiger partial charge in [0, 0.05) is 42.5 Å². The van der Waals surface area contributed by atoms with E-state index in [2.05, 4.69) is 53.6 Å². The molecule has 0 saturated heterocycles. The predicted molar refractivity (Wildman–Crippen MR) is 76.0 cm³/mol. The standard InChI is InChI=1S/C13H19N3S/c1-10(2)14-7-8-16(3)13-11-5-9-17-12(11)4-6-15-13/h4-6,9-10,14H,7-8H2,1-3H3. The van der Waals surface area contributed by atoms with Crippen molar-refractivity contribution in [1.29, 1.82) is 0 Å². The molecule has 1 N–H and O–H groups in total. The number of aromatic nitrogens is 1. The van der Waals surface area contributed by atoms with Gasteiger partial charge in [-0.3, -0.25) is 0 Å². The van der Waals surface area contributed by atoms with Crippen LogP contribution >= 0.6 is 11.3 Å². The van der Waals surface area contributed by atoms with E-state index in [-0.39, 0.29) is 0 Å². The van der Waals surface area contributed by atoms with E-state index < -0.39 is 0 Å². The number of pyridine rings is 1. The Morgan fingerprint density at radius 2 is 2.24 bits per heavy atom. The molecule has 0 spiro atoms. The average molecular weight is 249 g/mol. The number of fused-ring (bicyclic) bond motifs is 1. The summed E-state index contributed by atoms with van der Waals surface area (Å²) in [5.74, 6) is 1.08. The van der Waals surface area contributed by atoms with Crippen molar-refractivity contribution in [1.82, 2.24) is 10.3 Å². The molecule has 0 aliphatic carbocycles. The maximum Gasteiger partial charge on any atom is 0.137 e. The fraction of sp³-hybridized carbons (Fsp3) is 0.462. The van der Waals surface area contributed by atoms with Gasteiger partial charge in [0.15, 0.2) is 0 Å². The first kappa shape index (κ1) is 12.3. The van der Waals surface area contributed by atoms with Gasteiger partial charge in [0.1, 0.15) is 5.82 Å². The summed E-state index contributed by atoms with van der Waals surface area (Å²) in [5.41, 5.74) is 0. The number of rotatable bonds is 5. The maximum atomic E-state index is 4.48. The molecule has 0 fully saturated rings. The number of hydrogen-bond donors (Lipinski definition) is 1. The van der Waals surface area contributed by atoms with Crippen LogP contribution in [-0.2, 0) is 0 Å². The van der Waals surface area contributed by atoms with Gasteiger partial charge in [-0.2, -0.15) is 0 Å². The van der Waals surface area contributed by atoms with Crippen LogP contribution in [0.2, 0.25) is 0 Å². The summed E-state index contributed by atoms with van der Waals surface area (Å²) in [6.45, 7) is 6.28. The Balaban J connectivity index is 2.08. The van der Waals surface area contributed by atoms with Gasteiger partial charge in [-0.25, -0.2) is 4.98 Å². The number of thiophene rings is 1. The normalized spacial score (nSPS) is 11.3. The zero-order chi connectivity index (χ0) is 12.3. The Morgan fingerprint density at radius 3 is 3.00 bits per heavy atom. The van der Waals surface area contributed by atoms with Gasteiger partial charge in [-0.15, -0.1) is 11.3 Å². The van der Waals surface area contributed by atoms with Crippen LogP contribution in [0.15, 0.2) is 23.7 Å². The summed E-state index contributed by atoms with van der Waals surface area (Å²) in [4.78, 5) is 6.69. The fourth-order valence-corrected chi connectivity index (χ4v) is 2.59. The molecule has 4 heteroatoms. The molecule has 0 bridgehead atoms. The second kappa shape index (κ2) is 5.47. The molecule has 0 radical (unpaired) electrons. The predicted octanol–water partition coefficient (Wildman–Crippen LogP) is 2.73.